The van der Waals surface area contributed by atoms with Gasteiger partial charge in [-0.25, -0.2) is 0 Å². The molecule has 5 heteroatoms. The fourth-order valence-electron chi connectivity index (χ4n) is 2.49. The van der Waals surface area contributed by atoms with E-state index in [0.717, 1.165) is 32.1 Å². The highest BCUT2D eigenvalue weighted by Crippen LogP contribution is 2.60. The van der Waals surface area contributed by atoms with Crippen LogP contribution in [0.15, 0.2) is 0 Å². The van der Waals surface area contributed by atoms with Crippen molar-refractivity contribution in [2.75, 3.05) is 6.61 Å². The van der Waals surface area contributed by atoms with E-state index in [-0.39, 0.29) is 18.2 Å². The number of hydrogen-bond donors (Lipinski definition) is 1. The van der Waals surface area contributed by atoms with Crippen LogP contribution in [0, 0.1) is 0 Å². The molecular formula is C13H25O4P. The average molecular weight is 276 g/mol. The predicted octanol–water partition coefficient (Wildman–Crippen LogP) is 3.32. The van der Waals surface area contributed by atoms with Crippen molar-refractivity contribution in [1.29, 1.82) is 0 Å². The Hall–Kier alpha value is -0.340. The van der Waals surface area contributed by atoms with Crippen LogP contribution in [0.2, 0.25) is 0 Å². The molecule has 0 aromatic rings. The van der Waals surface area contributed by atoms with Crippen molar-refractivity contribution in [3.63, 3.8) is 0 Å². The highest BCUT2D eigenvalue weighted by molar-refractivity contribution is 7.61. The lowest BCUT2D eigenvalue weighted by Gasteiger charge is -2.33. The predicted molar refractivity (Wildman–Crippen MR) is 72.0 cm³/mol. The smallest absolute Gasteiger partial charge is 0.310 e. The number of carbonyl (C=O) groups excluding carboxylic acids is 1. The molecule has 0 heterocycles. The van der Waals surface area contributed by atoms with E-state index in [9.17, 15) is 14.5 Å². The molecule has 0 spiro atoms. The molecule has 106 valence electrons. The summed E-state index contributed by atoms with van der Waals surface area (Å²) in [5, 5.41) is 9.28. The largest absolute Gasteiger partial charge is 0.411 e. The molecule has 0 aromatic carbocycles. The van der Waals surface area contributed by atoms with Crippen LogP contribution in [-0.2, 0) is 13.9 Å². The summed E-state index contributed by atoms with van der Waals surface area (Å²) in [5.74, 6) is -0.383. The molecule has 2 atom stereocenters. The first-order valence-corrected chi connectivity index (χ1v) is 8.73. The fraction of sp³-hybridized carbons (Fsp3) is 0.923. The maximum Gasteiger partial charge on any atom is 0.310 e. The Kier molecular flexibility index (Phi) is 6.37. The first kappa shape index (κ1) is 15.7. The van der Waals surface area contributed by atoms with Gasteiger partial charge in [-0.1, -0.05) is 33.1 Å². The SMILES string of the molecule is CCCC(=O)OP(=O)(C(C)CO)C1CCCCC1. The molecule has 0 bridgehead atoms. The quantitative estimate of drug-likeness (QED) is 0.756. The molecule has 0 amide bonds. The Balaban J connectivity index is 2.80. The van der Waals surface area contributed by atoms with E-state index in [4.69, 9.17) is 4.52 Å². The summed E-state index contributed by atoms with van der Waals surface area (Å²) >= 11 is 0. The van der Waals surface area contributed by atoms with Crippen LogP contribution in [0.5, 0.6) is 0 Å². The lowest BCUT2D eigenvalue weighted by molar-refractivity contribution is -0.134. The van der Waals surface area contributed by atoms with Crippen LogP contribution in [0.25, 0.3) is 0 Å². The normalized spacial score (nSPS) is 22.2. The molecule has 2 unspecified atom stereocenters. The minimum Gasteiger partial charge on any atom is -0.411 e. The van der Waals surface area contributed by atoms with Crippen molar-refractivity contribution < 1.29 is 19.0 Å². The second kappa shape index (κ2) is 7.30. The van der Waals surface area contributed by atoms with Crippen LogP contribution < -0.4 is 0 Å². The van der Waals surface area contributed by atoms with Crippen molar-refractivity contribution in [3.8, 4) is 0 Å². The number of hydrogen-bond acceptors (Lipinski definition) is 4. The standard InChI is InChI=1S/C13H25O4P/c1-3-7-13(15)17-18(16,11(2)10-14)12-8-5-4-6-9-12/h11-12,14H,3-10H2,1-2H3. The van der Waals surface area contributed by atoms with Crippen molar-refractivity contribution in [3.05, 3.63) is 0 Å². The van der Waals surface area contributed by atoms with Crippen LogP contribution >= 0.6 is 7.37 Å². The summed E-state index contributed by atoms with van der Waals surface area (Å²) in [7, 11) is -3.07. The Bertz CT molecular complexity index is 310. The molecule has 1 aliphatic carbocycles. The van der Waals surface area contributed by atoms with Crippen molar-refractivity contribution >= 4 is 13.3 Å². The molecule has 1 aliphatic rings. The zero-order chi connectivity index (χ0) is 13.6. The highest BCUT2D eigenvalue weighted by Gasteiger charge is 2.42. The third-order valence-electron chi connectivity index (χ3n) is 3.66. The van der Waals surface area contributed by atoms with Gasteiger partial charge in [0.1, 0.15) is 0 Å². The Morgan fingerprint density at radius 3 is 2.50 bits per heavy atom. The van der Waals surface area contributed by atoms with Gasteiger partial charge in [-0.2, -0.15) is 0 Å². The molecule has 4 nitrogen and oxygen atoms in total. The summed E-state index contributed by atoms with van der Waals surface area (Å²) in [4.78, 5) is 11.6. The number of rotatable bonds is 6. The molecule has 1 rings (SSSR count). The zero-order valence-corrected chi connectivity index (χ0v) is 12.3. The first-order valence-electron chi connectivity index (χ1n) is 6.97. The molecule has 0 radical (unpaired) electrons. The lowest BCUT2D eigenvalue weighted by atomic mass is 10.0. The van der Waals surface area contributed by atoms with Gasteiger partial charge in [-0.3, -0.25) is 9.36 Å². The van der Waals surface area contributed by atoms with Crippen molar-refractivity contribution in [2.24, 2.45) is 0 Å². The zero-order valence-electron chi connectivity index (χ0n) is 11.4. The van der Waals surface area contributed by atoms with Crippen LogP contribution in [0.1, 0.15) is 58.8 Å². The van der Waals surface area contributed by atoms with E-state index in [1.54, 1.807) is 6.92 Å². The number of aliphatic hydroxyl groups excluding tert-OH is 1. The van der Waals surface area contributed by atoms with Crippen LogP contribution in [0.3, 0.4) is 0 Å². The third kappa shape index (κ3) is 3.83. The molecule has 1 saturated carbocycles. The summed E-state index contributed by atoms with van der Waals surface area (Å²) in [6.45, 7) is 3.42. The summed E-state index contributed by atoms with van der Waals surface area (Å²) < 4.78 is 18.3. The molecule has 0 aromatic heterocycles. The average Bonchev–Trinajstić information content (AvgIpc) is 2.38. The van der Waals surface area contributed by atoms with Gasteiger partial charge < -0.3 is 9.63 Å². The van der Waals surface area contributed by atoms with E-state index < -0.39 is 13.0 Å². The van der Waals surface area contributed by atoms with E-state index in [0.29, 0.717) is 12.8 Å². The van der Waals surface area contributed by atoms with Crippen LogP contribution in [0.4, 0.5) is 0 Å². The van der Waals surface area contributed by atoms with Crippen molar-refractivity contribution in [2.45, 2.75) is 70.1 Å². The van der Waals surface area contributed by atoms with Gasteiger partial charge in [0, 0.05) is 12.1 Å². The Morgan fingerprint density at radius 2 is 2.00 bits per heavy atom. The van der Waals surface area contributed by atoms with Gasteiger partial charge in [0.2, 0.25) is 0 Å². The monoisotopic (exact) mass is 276 g/mol. The first-order chi connectivity index (χ1) is 8.54. The second-order valence-electron chi connectivity index (χ2n) is 5.18. The van der Waals surface area contributed by atoms with E-state index in [1.165, 1.54) is 0 Å². The van der Waals surface area contributed by atoms with Crippen LogP contribution in [-0.4, -0.2) is 29.0 Å². The Labute approximate surface area is 110 Å². The minimum atomic E-state index is -3.07. The topological polar surface area (TPSA) is 63.6 Å². The minimum absolute atomic E-state index is 0.0470. The summed E-state index contributed by atoms with van der Waals surface area (Å²) in [5.41, 5.74) is -0.490. The van der Waals surface area contributed by atoms with Gasteiger partial charge in [-0.05, 0) is 19.3 Å². The maximum atomic E-state index is 13.0. The van der Waals surface area contributed by atoms with Crippen molar-refractivity contribution in [1.82, 2.24) is 0 Å². The molecule has 18 heavy (non-hydrogen) atoms. The van der Waals surface area contributed by atoms with E-state index >= 15 is 0 Å². The van der Waals surface area contributed by atoms with Gasteiger partial charge in [-0.15, -0.1) is 0 Å². The maximum absolute atomic E-state index is 13.0. The summed E-state index contributed by atoms with van der Waals surface area (Å²) in [6.07, 6.45) is 5.93. The van der Waals surface area contributed by atoms with E-state index in [2.05, 4.69) is 0 Å². The molecule has 1 N–H and O–H groups in total. The van der Waals surface area contributed by atoms with Gasteiger partial charge in [0.15, 0.2) is 0 Å². The molecule has 0 aliphatic heterocycles. The highest BCUT2D eigenvalue weighted by atomic mass is 31.2. The molecule has 1 fully saturated rings. The lowest BCUT2D eigenvalue weighted by Crippen LogP contribution is -2.25. The summed E-state index contributed by atoms with van der Waals surface area (Å²) in [6, 6.07) is 0. The second-order valence-corrected chi connectivity index (χ2v) is 8.27. The molecule has 0 saturated heterocycles. The van der Waals surface area contributed by atoms with E-state index in [1.807, 2.05) is 6.92 Å². The molecular weight excluding hydrogens is 251 g/mol. The number of carbonyl (C=O) groups is 1. The van der Waals surface area contributed by atoms with Gasteiger partial charge in [0.25, 0.3) is 7.37 Å². The number of aliphatic hydroxyl groups is 1. The van der Waals surface area contributed by atoms with Gasteiger partial charge in [0.05, 0.1) is 12.3 Å². The van der Waals surface area contributed by atoms with Gasteiger partial charge >= 0.3 is 5.97 Å². The fourth-order valence-corrected chi connectivity index (χ4v) is 5.26. The Morgan fingerprint density at radius 1 is 1.39 bits per heavy atom. The third-order valence-corrected chi connectivity index (χ3v) is 7.08.